The Balaban J connectivity index is 1.90. The monoisotopic (exact) mass is 400 g/mol. The lowest BCUT2D eigenvalue weighted by molar-refractivity contribution is -0.137. The molecule has 5 nitrogen and oxygen atoms in total. The standard InChI is InChI=1S/C21H15F3N2O3/c1-29-19(28)7-3-11-2-5-17-15(8-11)20-14(10-18(27)25-17)13-9-12(21(22,23)24)4-6-16(13)26-20/h2-9,26H,10H2,1H3,(H,25,27)/b7-3+. The van der Waals surface area contributed by atoms with Crippen LogP contribution in [0.15, 0.2) is 42.5 Å². The summed E-state index contributed by atoms with van der Waals surface area (Å²) in [7, 11) is 1.27. The SMILES string of the molecule is COC(=O)/C=C/c1ccc2c(c1)-c1[nH]c3ccc(C(F)(F)F)cc3c1CC(=O)N2. The highest BCUT2D eigenvalue weighted by Crippen LogP contribution is 2.40. The molecule has 0 atom stereocenters. The Morgan fingerprint density at radius 3 is 2.69 bits per heavy atom. The number of carbonyl (C=O) groups excluding carboxylic acids is 2. The maximum atomic E-state index is 13.1. The highest BCUT2D eigenvalue weighted by Gasteiger charge is 2.32. The maximum absolute atomic E-state index is 13.1. The number of benzene rings is 2. The van der Waals surface area contributed by atoms with Crippen molar-refractivity contribution >= 4 is 34.5 Å². The number of hydrogen-bond donors (Lipinski definition) is 2. The predicted octanol–water partition coefficient (Wildman–Crippen LogP) is 4.53. The summed E-state index contributed by atoms with van der Waals surface area (Å²) in [5, 5.41) is 3.13. The molecule has 2 heterocycles. The molecule has 3 aromatic rings. The number of carbonyl (C=O) groups is 2. The van der Waals surface area contributed by atoms with Crippen LogP contribution in [-0.2, 0) is 26.9 Å². The summed E-state index contributed by atoms with van der Waals surface area (Å²) in [6.07, 6.45) is -1.71. The van der Waals surface area contributed by atoms with Crippen LogP contribution in [0.2, 0.25) is 0 Å². The smallest absolute Gasteiger partial charge is 0.416 e. The summed E-state index contributed by atoms with van der Waals surface area (Å²) in [5.41, 5.74) is 2.64. The topological polar surface area (TPSA) is 71.2 Å². The van der Waals surface area contributed by atoms with Crippen LogP contribution < -0.4 is 5.32 Å². The molecule has 148 valence electrons. The molecule has 2 aromatic carbocycles. The molecule has 1 aromatic heterocycles. The summed E-state index contributed by atoms with van der Waals surface area (Å²) in [6, 6.07) is 8.59. The van der Waals surface area contributed by atoms with Crippen molar-refractivity contribution in [3.05, 3.63) is 59.2 Å². The van der Waals surface area contributed by atoms with E-state index in [1.165, 1.54) is 19.3 Å². The van der Waals surface area contributed by atoms with Crippen LogP contribution in [0.5, 0.6) is 0 Å². The van der Waals surface area contributed by atoms with Crippen molar-refractivity contribution in [2.75, 3.05) is 12.4 Å². The number of halogens is 3. The van der Waals surface area contributed by atoms with Crippen molar-refractivity contribution in [1.82, 2.24) is 4.98 Å². The Morgan fingerprint density at radius 1 is 1.17 bits per heavy atom. The Kier molecular flexibility index (Phi) is 4.41. The van der Waals surface area contributed by atoms with Crippen LogP contribution in [-0.4, -0.2) is 24.0 Å². The predicted molar refractivity (Wildman–Crippen MR) is 102 cm³/mol. The third-order valence-electron chi connectivity index (χ3n) is 4.77. The largest absolute Gasteiger partial charge is 0.466 e. The quantitative estimate of drug-likeness (QED) is 0.490. The van der Waals surface area contributed by atoms with Crippen molar-refractivity contribution < 1.29 is 27.5 Å². The van der Waals surface area contributed by atoms with Gasteiger partial charge in [0.25, 0.3) is 0 Å². The molecule has 0 aliphatic carbocycles. The van der Waals surface area contributed by atoms with E-state index in [-0.39, 0.29) is 12.3 Å². The van der Waals surface area contributed by atoms with Gasteiger partial charge < -0.3 is 15.0 Å². The highest BCUT2D eigenvalue weighted by molar-refractivity contribution is 6.05. The van der Waals surface area contributed by atoms with E-state index in [0.29, 0.717) is 39.0 Å². The Bertz CT molecular complexity index is 1180. The number of nitrogens with one attached hydrogen (secondary N) is 2. The van der Waals surface area contributed by atoms with Gasteiger partial charge in [0.2, 0.25) is 5.91 Å². The van der Waals surface area contributed by atoms with E-state index < -0.39 is 17.7 Å². The molecule has 4 rings (SSSR count). The Labute approximate surface area is 163 Å². The van der Waals surface area contributed by atoms with Crippen LogP contribution in [0, 0.1) is 0 Å². The second-order valence-corrected chi connectivity index (χ2v) is 6.62. The maximum Gasteiger partial charge on any atom is 0.416 e. The Morgan fingerprint density at radius 2 is 1.97 bits per heavy atom. The molecule has 0 saturated carbocycles. The van der Waals surface area contributed by atoms with Gasteiger partial charge in [-0.1, -0.05) is 6.07 Å². The molecule has 1 aliphatic heterocycles. The Hall–Kier alpha value is -3.55. The molecule has 2 N–H and O–H groups in total. The molecule has 1 aliphatic rings. The van der Waals surface area contributed by atoms with Crippen LogP contribution in [0.4, 0.5) is 18.9 Å². The first-order valence-electron chi connectivity index (χ1n) is 8.68. The zero-order valence-electron chi connectivity index (χ0n) is 15.2. The summed E-state index contributed by atoms with van der Waals surface area (Å²) in [6.45, 7) is 0. The number of aromatic nitrogens is 1. The molecule has 0 radical (unpaired) electrons. The molecule has 0 bridgehead atoms. The van der Waals surface area contributed by atoms with Gasteiger partial charge in [-0.05, 0) is 47.5 Å². The van der Waals surface area contributed by atoms with Gasteiger partial charge >= 0.3 is 12.1 Å². The van der Waals surface area contributed by atoms with Crippen LogP contribution >= 0.6 is 0 Å². The number of alkyl halides is 3. The molecule has 1 amide bonds. The molecule has 0 saturated heterocycles. The van der Waals surface area contributed by atoms with E-state index in [9.17, 15) is 22.8 Å². The highest BCUT2D eigenvalue weighted by atomic mass is 19.4. The van der Waals surface area contributed by atoms with E-state index in [1.807, 2.05) is 0 Å². The number of methoxy groups -OCH3 is 1. The van der Waals surface area contributed by atoms with Crippen molar-refractivity contribution in [2.24, 2.45) is 0 Å². The summed E-state index contributed by atoms with van der Waals surface area (Å²) >= 11 is 0. The number of aromatic amines is 1. The first-order chi connectivity index (χ1) is 13.8. The van der Waals surface area contributed by atoms with Crippen LogP contribution in [0.1, 0.15) is 16.7 Å². The van der Waals surface area contributed by atoms with Gasteiger partial charge in [-0.2, -0.15) is 13.2 Å². The first-order valence-corrected chi connectivity index (χ1v) is 8.68. The summed E-state index contributed by atoms with van der Waals surface area (Å²) in [4.78, 5) is 26.8. The number of esters is 1. The third kappa shape index (κ3) is 3.49. The minimum Gasteiger partial charge on any atom is -0.466 e. The fourth-order valence-electron chi connectivity index (χ4n) is 3.41. The van der Waals surface area contributed by atoms with Gasteiger partial charge in [-0.3, -0.25) is 4.79 Å². The molecule has 8 heteroatoms. The number of hydrogen-bond acceptors (Lipinski definition) is 3. The van der Waals surface area contributed by atoms with Gasteiger partial charge in [0.05, 0.1) is 30.5 Å². The minimum atomic E-state index is -4.48. The van der Waals surface area contributed by atoms with E-state index in [0.717, 1.165) is 12.1 Å². The van der Waals surface area contributed by atoms with Crippen molar-refractivity contribution in [2.45, 2.75) is 12.6 Å². The van der Waals surface area contributed by atoms with Gasteiger partial charge in [-0.15, -0.1) is 0 Å². The average Bonchev–Trinajstić information content (AvgIpc) is 2.96. The number of anilines is 1. The molecule has 29 heavy (non-hydrogen) atoms. The number of amides is 1. The van der Waals surface area contributed by atoms with E-state index in [4.69, 9.17) is 0 Å². The van der Waals surface area contributed by atoms with Gasteiger partial charge in [0.15, 0.2) is 0 Å². The van der Waals surface area contributed by atoms with Crippen molar-refractivity contribution in [3.63, 3.8) is 0 Å². The van der Waals surface area contributed by atoms with Crippen LogP contribution in [0.25, 0.3) is 28.2 Å². The van der Waals surface area contributed by atoms with Gasteiger partial charge in [0.1, 0.15) is 0 Å². The molecular formula is C21H15F3N2O3. The number of rotatable bonds is 2. The van der Waals surface area contributed by atoms with E-state index in [2.05, 4.69) is 15.0 Å². The van der Waals surface area contributed by atoms with Gasteiger partial charge in [-0.25, -0.2) is 4.79 Å². The second kappa shape index (κ2) is 6.80. The lowest BCUT2D eigenvalue weighted by Gasteiger charge is -2.08. The third-order valence-corrected chi connectivity index (χ3v) is 4.77. The minimum absolute atomic E-state index is 0.0569. The van der Waals surface area contributed by atoms with Crippen molar-refractivity contribution in [3.8, 4) is 11.3 Å². The summed E-state index contributed by atoms with van der Waals surface area (Å²) in [5.74, 6) is -0.833. The van der Waals surface area contributed by atoms with Crippen molar-refractivity contribution in [1.29, 1.82) is 0 Å². The lowest BCUT2D eigenvalue weighted by atomic mass is 10.00. The average molecular weight is 400 g/mol. The molecule has 0 spiro atoms. The second-order valence-electron chi connectivity index (χ2n) is 6.62. The molecular weight excluding hydrogens is 385 g/mol. The number of ether oxygens (including phenoxy) is 1. The van der Waals surface area contributed by atoms with Gasteiger partial charge in [0, 0.05) is 22.5 Å². The fraction of sp³-hybridized carbons (Fsp3) is 0.143. The first kappa shape index (κ1) is 18.8. The molecule has 0 unspecified atom stereocenters. The number of H-pyrrole nitrogens is 1. The molecule has 0 fully saturated rings. The zero-order valence-corrected chi connectivity index (χ0v) is 15.2. The lowest BCUT2D eigenvalue weighted by Crippen LogP contribution is -2.12. The van der Waals surface area contributed by atoms with E-state index in [1.54, 1.807) is 24.3 Å². The summed E-state index contributed by atoms with van der Waals surface area (Å²) < 4.78 is 44.0. The fourth-order valence-corrected chi connectivity index (χ4v) is 3.41. The normalized spacial score (nSPS) is 13.7. The zero-order chi connectivity index (χ0) is 20.8. The van der Waals surface area contributed by atoms with E-state index >= 15 is 0 Å². The van der Waals surface area contributed by atoms with Crippen LogP contribution in [0.3, 0.4) is 0 Å². The number of fused-ring (bicyclic) bond motifs is 5.